The molecule has 5 rings (SSSR count). The third-order valence-corrected chi connectivity index (χ3v) is 9.74. The Hall–Kier alpha value is -4.37. The molecule has 0 radical (unpaired) electrons. The van der Waals surface area contributed by atoms with Crippen molar-refractivity contribution >= 4 is 31.2 Å². The highest BCUT2D eigenvalue weighted by Gasteiger charge is 2.36. The summed E-state index contributed by atoms with van der Waals surface area (Å²) in [4.78, 5) is 31.7. The Labute approximate surface area is 234 Å². The van der Waals surface area contributed by atoms with Crippen molar-refractivity contribution in [3.8, 4) is 0 Å². The third kappa shape index (κ3) is 4.77. The van der Waals surface area contributed by atoms with Crippen molar-refractivity contribution in [2.45, 2.75) is 28.2 Å². The summed E-state index contributed by atoms with van der Waals surface area (Å²) in [6.07, 6.45) is 0. The van der Waals surface area contributed by atoms with Crippen LogP contribution >= 0.6 is 0 Å². The first-order valence-corrected chi connectivity index (χ1v) is 15.1. The van der Waals surface area contributed by atoms with Gasteiger partial charge in [0.2, 0.25) is 11.6 Å². The lowest BCUT2D eigenvalue weighted by atomic mass is 9.89. The SMILES string of the molecule is Cc1ccc(S(=O)(=O)Cc2nc3c(nc2CS(=O)(=O)c2ccc(F)c(F)c2F)C(=O)c2ccccc2C3=O)c(F)c1F. The molecule has 15 heteroatoms. The van der Waals surface area contributed by atoms with E-state index < -0.39 is 104 Å². The zero-order valence-electron chi connectivity index (χ0n) is 21.1. The number of rotatable bonds is 6. The number of aryl methyl sites for hydroxylation is 1. The van der Waals surface area contributed by atoms with Gasteiger partial charge in [0, 0.05) is 11.1 Å². The van der Waals surface area contributed by atoms with Crippen LogP contribution < -0.4 is 0 Å². The summed E-state index contributed by atoms with van der Waals surface area (Å²) >= 11 is 0. The zero-order chi connectivity index (χ0) is 30.7. The number of carbonyl (C=O) groups excluding carboxylic acids is 2. The van der Waals surface area contributed by atoms with Crippen LogP contribution in [0.15, 0.2) is 58.3 Å². The molecule has 0 spiro atoms. The molecule has 0 unspecified atom stereocenters. The zero-order valence-corrected chi connectivity index (χ0v) is 22.7. The van der Waals surface area contributed by atoms with E-state index in [9.17, 15) is 48.4 Å². The van der Waals surface area contributed by atoms with E-state index >= 15 is 0 Å². The number of fused-ring (bicyclic) bond motifs is 2. The number of nitrogens with zero attached hydrogens (tertiary/aromatic N) is 2. The van der Waals surface area contributed by atoms with E-state index in [2.05, 4.69) is 9.97 Å². The fourth-order valence-corrected chi connectivity index (χ4v) is 7.09. The van der Waals surface area contributed by atoms with Crippen molar-refractivity contribution in [2.75, 3.05) is 0 Å². The van der Waals surface area contributed by atoms with Crippen molar-refractivity contribution in [3.05, 3.63) is 117 Å². The minimum Gasteiger partial charge on any atom is -0.287 e. The van der Waals surface area contributed by atoms with Crippen LogP contribution in [-0.2, 0) is 31.2 Å². The molecule has 216 valence electrons. The Morgan fingerprint density at radius 3 is 1.50 bits per heavy atom. The number of hydrogen-bond acceptors (Lipinski definition) is 8. The molecule has 1 aromatic heterocycles. The van der Waals surface area contributed by atoms with Gasteiger partial charge in [0.25, 0.3) is 0 Å². The summed E-state index contributed by atoms with van der Waals surface area (Å²) in [5.74, 6) is -13.5. The standard InChI is InChI=1S/C27H15F5N2O6S2/c1-12-6-8-18(22(31)20(12)29)41(37,38)10-16-17(11-42(39,40)19-9-7-15(28)21(30)23(19)32)34-25-24(33-16)26(35)13-4-2-3-5-14(13)27(25)36/h2-9H,10-11H2,1H3. The van der Waals surface area contributed by atoms with Gasteiger partial charge in [0.1, 0.15) is 21.2 Å². The van der Waals surface area contributed by atoms with E-state index in [1.165, 1.54) is 31.2 Å². The van der Waals surface area contributed by atoms with Crippen LogP contribution in [0.1, 0.15) is 49.1 Å². The average Bonchev–Trinajstić information content (AvgIpc) is 2.93. The van der Waals surface area contributed by atoms with Gasteiger partial charge in [-0.1, -0.05) is 30.3 Å². The second-order valence-corrected chi connectivity index (χ2v) is 13.1. The minimum atomic E-state index is -4.97. The monoisotopic (exact) mass is 622 g/mol. The number of hydrogen-bond donors (Lipinski definition) is 0. The maximum Gasteiger partial charge on any atom is 0.214 e. The molecule has 1 aliphatic rings. The first-order valence-electron chi connectivity index (χ1n) is 11.8. The van der Waals surface area contributed by atoms with Crippen LogP contribution in [0, 0.1) is 36.0 Å². The van der Waals surface area contributed by atoms with Crippen molar-refractivity contribution in [2.24, 2.45) is 0 Å². The highest BCUT2D eigenvalue weighted by atomic mass is 32.2. The van der Waals surface area contributed by atoms with Crippen molar-refractivity contribution in [1.29, 1.82) is 0 Å². The Kier molecular flexibility index (Phi) is 7.05. The lowest BCUT2D eigenvalue weighted by Crippen LogP contribution is -2.27. The Morgan fingerprint density at radius 2 is 1.02 bits per heavy atom. The van der Waals surface area contributed by atoms with Crippen LogP contribution in [0.5, 0.6) is 0 Å². The van der Waals surface area contributed by atoms with Gasteiger partial charge in [-0.05, 0) is 30.7 Å². The number of ketones is 2. The first-order chi connectivity index (χ1) is 19.6. The molecule has 0 atom stereocenters. The van der Waals surface area contributed by atoms with E-state index in [0.717, 1.165) is 12.1 Å². The molecule has 0 amide bonds. The molecule has 0 bridgehead atoms. The van der Waals surface area contributed by atoms with Gasteiger partial charge < -0.3 is 0 Å². The highest BCUT2D eigenvalue weighted by Crippen LogP contribution is 2.30. The number of carbonyl (C=O) groups is 2. The van der Waals surface area contributed by atoms with E-state index in [4.69, 9.17) is 0 Å². The van der Waals surface area contributed by atoms with Crippen LogP contribution in [0.25, 0.3) is 0 Å². The molecular formula is C27H15F5N2O6S2. The molecule has 1 aliphatic carbocycles. The molecule has 1 heterocycles. The molecule has 0 saturated heterocycles. The number of halogens is 5. The smallest absolute Gasteiger partial charge is 0.214 e. The second-order valence-electron chi connectivity index (χ2n) is 9.22. The predicted octanol–water partition coefficient (Wildman–Crippen LogP) is 4.20. The molecule has 4 aromatic rings. The van der Waals surface area contributed by atoms with Crippen LogP contribution in [0.2, 0.25) is 0 Å². The van der Waals surface area contributed by atoms with E-state index in [1.54, 1.807) is 0 Å². The Balaban J connectivity index is 1.70. The molecule has 0 saturated carbocycles. The lowest BCUT2D eigenvalue weighted by Gasteiger charge is -2.19. The number of sulfone groups is 2. The van der Waals surface area contributed by atoms with E-state index in [-0.39, 0.29) is 16.7 Å². The fraction of sp³-hybridized carbons (Fsp3) is 0.111. The van der Waals surface area contributed by atoms with E-state index in [0.29, 0.717) is 12.1 Å². The molecule has 0 N–H and O–H groups in total. The largest absolute Gasteiger partial charge is 0.287 e. The van der Waals surface area contributed by atoms with E-state index in [1.807, 2.05) is 0 Å². The topological polar surface area (TPSA) is 128 Å². The summed E-state index contributed by atoms with van der Waals surface area (Å²) in [5, 5.41) is 0. The lowest BCUT2D eigenvalue weighted by molar-refractivity contribution is 0.0971. The van der Waals surface area contributed by atoms with Gasteiger partial charge in [-0.15, -0.1) is 0 Å². The van der Waals surface area contributed by atoms with Gasteiger partial charge in [-0.2, -0.15) is 0 Å². The quantitative estimate of drug-likeness (QED) is 0.157. The minimum absolute atomic E-state index is 0.103. The molecule has 42 heavy (non-hydrogen) atoms. The number of aromatic nitrogens is 2. The van der Waals surface area contributed by atoms with Gasteiger partial charge >= 0.3 is 0 Å². The highest BCUT2D eigenvalue weighted by molar-refractivity contribution is 7.91. The van der Waals surface area contributed by atoms with Crippen LogP contribution in [0.3, 0.4) is 0 Å². The summed E-state index contributed by atoms with van der Waals surface area (Å²) in [6.45, 7) is 1.19. The summed E-state index contributed by atoms with van der Waals surface area (Å²) < 4.78 is 123. The summed E-state index contributed by atoms with van der Waals surface area (Å²) in [5.41, 5.74) is -3.25. The molecule has 3 aromatic carbocycles. The van der Waals surface area contributed by atoms with Crippen LogP contribution in [-0.4, -0.2) is 38.4 Å². The molecule has 8 nitrogen and oxygen atoms in total. The Morgan fingerprint density at radius 1 is 0.595 bits per heavy atom. The van der Waals surface area contributed by atoms with Gasteiger partial charge in [0.15, 0.2) is 48.8 Å². The predicted molar refractivity (Wildman–Crippen MR) is 135 cm³/mol. The average molecular weight is 623 g/mol. The molecule has 0 aliphatic heterocycles. The molecule has 0 fully saturated rings. The maximum atomic E-state index is 14.6. The van der Waals surface area contributed by atoms with Crippen LogP contribution in [0.4, 0.5) is 22.0 Å². The first kappa shape index (κ1) is 29.1. The maximum absolute atomic E-state index is 14.6. The van der Waals surface area contributed by atoms with Gasteiger partial charge in [-0.3, -0.25) is 9.59 Å². The van der Waals surface area contributed by atoms with Crippen molar-refractivity contribution in [1.82, 2.24) is 9.97 Å². The van der Waals surface area contributed by atoms with Gasteiger partial charge in [-0.25, -0.2) is 48.8 Å². The fourth-order valence-electron chi connectivity index (χ4n) is 4.32. The third-order valence-electron chi connectivity index (χ3n) is 6.46. The number of benzene rings is 3. The normalized spacial score (nSPS) is 13.2. The molecular weight excluding hydrogens is 607 g/mol. The second kappa shape index (κ2) is 10.2. The summed E-state index contributed by atoms with van der Waals surface area (Å²) in [7, 11) is -9.83. The van der Waals surface area contributed by atoms with Crippen molar-refractivity contribution in [3.63, 3.8) is 0 Å². The van der Waals surface area contributed by atoms with Crippen molar-refractivity contribution < 1.29 is 48.4 Å². The Bertz CT molecular complexity index is 1940. The van der Waals surface area contributed by atoms with Gasteiger partial charge in [0.05, 0.1) is 22.9 Å². The summed E-state index contributed by atoms with van der Waals surface area (Å²) in [6, 6.07) is 8.01.